The molecule has 0 radical (unpaired) electrons. The summed E-state index contributed by atoms with van der Waals surface area (Å²) in [5.41, 5.74) is 17.1. The third-order valence-corrected chi connectivity index (χ3v) is 8.73. The lowest BCUT2D eigenvalue weighted by atomic mass is 10.1. The molecule has 0 aromatic rings. The number of carbonyl (C=O) groups is 8. The molecule has 0 aromatic heterocycles. The molecule has 0 unspecified atom stereocenters. The fourth-order valence-corrected chi connectivity index (χ4v) is 5.28. The van der Waals surface area contributed by atoms with Crippen molar-refractivity contribution in [3.8, 4) is 0 Å². The summed E-state index contributed by atoms with van der Waals surface area (Å²) < 4.78 is 18.8. The highest BCUT2D eigenvalue weighted by atomic mass is 16.6. The molecule has 0 heterocycles. The highest BCUT2D eigenvalue weighted by Gasteiger charge is 2.26. The van der Waals surface area contributed by atoms with E-state index in [1.807, 2.05) is 0 Å². The first kappa shape index (κ1) is 50.4. The van der Waals surface area contributed by atoms with E-state index < -0.39 is 72.3 Å². The van der Waals surface area contributed by atoms with Gasteiger partial charge in [0.05, 0.1) is 0 Å². The van der Waals surface area contributed by atoms with Gasteiger partial charge in [-0.3, -0.25) is 24.0 Å². The van der Waals surface area contributed by atoms with Crippen LogP contribution in [-0.4, -0.2) is 65.9 Å². The van der Waals surface area contributed by atoms with Crippen LogP contribution in [0.4, 0.5) is 0 Å². The molecule has 0 amide bonds. The first-order chi connectivity index (χ1) is 25.8. The zero-order chi connectivity index (χ0) is 40.6. The summed E-state index contributed by atoms with van der Waals surface area (Å²) in [7, 11) is 0. The van der Waals surface area contributed by atoms with Gasteiger partial charge in [-0.1, -0.05) is 117 Å². The quantitative estimate of drug-likeness (QED) is 0.0334. The van der Waals surface area contributed by atoms with Crippen molar-refractivity contribution in [2.45, 2.75) is 199 Å². The third kappa shape index (κ3) is 28.9. The van der Waals surface area contributed by atoms with E-state index >= 15 is 0 Å². The zero-order valence-electron chi connectivity index (χ0n) is 32.7. The molecule has 3 atom stereocenters. The fraction of sp³-hybridized carbons (Fsp3) is 0.795. The molecule has 310 valence electrons. The van der Waals surface area contributed by atoms with Gasteiger partial charge in [-0.05, 0) is 32.1 Å². The Bertz CT molecular complexity index is 1150. The summed E-state index contributed by atoms with van der Waals surface area (Å²) in [6.45, 7) is 4.34. The van der Waals surface area contributed by atoms with Crippen molar-refractivity contribution in [3.05, 3.63) is 0 Å². The van der Waals surface area contributed by atoms with Crippen LogP contribution >= 0.6 is 0 Å². The van der Waals surface area contributed by atoms with E-state index in [4.69, 9.17) is 26.7 Å². The minimum Gasteiger partial charge on any atom is -0.393 e. The summed E-state index contributed by atoms with van der Waals surface area (Å²) in [6, 6.07) is -4.20. The molecule has 0 saturated heterocycles. The Morgan fingerprint density at radius 1 is 0.333 bits per heavy atom. The normalized spacial score (nSPS) is 12.6. The van der Waals surface area contributed by atoms with Crippen LogP contribution in [0.5, 0.6) is 0 Å². The summed E-state index contributed by atoms with van der Waals surface area (Å²) in [5.74, 6) is -7.58. The lowest BCUT2D eigenvalue weighted by Gasteiger charge is -2.13. The number of rotatable bonds is 32. The minimum absolute atomic E-state index is 0.107. The van der Waals surface area contributed by atoms with Crippen LogP contribution in [0, 0.1) is 0 Å². The van der Waals surface area contributed by atoms with E-state index in [0.29, 0.717) is 12.8 Å². The monoisotopic (exact) mass is 769 g/mol. The van der Waals surface area contributed by atoms with Crippen molar-refractivity contribution in [1.29, 1.82) is 0 Å². The summed E-state index contributed by atoms with van der Waals surface area (Å²) >= 11 is 0. The van der Waals surface area contributed by atoms with Gasteiger partial charge in [-0.15, -0.1) is 0 Å². The maximum Gasteiger partial charge on any atom is 0.330 e. The van der Waals surface area contributed by atoms with Gasteiger partial charge in [0.1, 0.15) is 18.1 Å². The van der Waals surface area contributed by atoms with Crippen molar-refractivity contribution in [1.82, 2.24) is 0 Å². The number of unbranched alkanes of at least 4 members (excludes halogenated alkanes) is 16. The SMILES string of the molecule is CCCCCCCCCCCC(=O)OC(=O)CC[C@H](N)C(=O)OC(=O)CC[C@H](N)C(=O)OC(=O)[C@@H](N)CCC(=O)OC(=O)CCCCCCCCCCC. The van der Waals surface area contributed by atoms with Crippen LogP contribution < -0.4 is 17.2 Å². The molecular weight excluding hydrogens is 702 g/mol. The molecule has 0 aliphatic rings. The van der Waals surface area contributed by atoms with Gasteiger partial charge in [0.2, 0.25) is 0 Å². The van der Waals surface area contributed by atoms with Gasteiger partial charge < -0.3 is 36.1 Å². The highest BCUT2D eigenvalue weighted by molar-refractivity contribution is 5.92. The molecule has 0 aliphatic carbocycles. The molecule has 0 bridgehead atoms. The van der Waals surface area contributed by atoms with Crippen molar-refractivity contribution in [2.24, 2.45) is 17.2 Å². The number of nitrogens with two attached hydrogens (primary N) is 3. The van der Waals surface area contributed by atoms with Crippen molar-refractivity contribution in [3.63, 3.8) is 0 Å². The summed E-state index contributed by atoms with van der Waals surface area (Å²) in [4.78, 5) is 96.4. The number of ether oxygens (including phenoxy) is 4. The van der Waals surface area contributed by atoms with Gasteiger partial charge in [-0.25, -0.2) is 14.4 Å². The van der Waals surface area contributed by atoms with Gasteiger partial charge >= 0.3 is 47.8 Å². The van der Waals surface area contributed by atoms with E-state index in [1.54, 1.807) is 0 Å². The van der Waals surface area contributed by atoms with Gasteiger partial charge in [0.25, 0.3) is 0 Å². The zero-order valence-corrected chi connectivity index (χ0v) is 32.7. The maximum absolute atomic E-state index is 12.2. The fourth-order valence-electron chi connectivity index (χ4n) is 5.28. The second kappa shape index (κ2) is 32.8. The first-order valence-corrected chi connectivity index (χ1v) is 20.0. The molecular formula is C39H67N3O12. The first-order valence-electron chi connectivity index (χ1n) is 20.0. The topological polar surface area (TPSA) is 252 Å². The number of hydrogen-bond acceptors (Lipinski definition) is 15. The van der Waals surface area contributed by atoms with Gasteiger partial charge in [0.15, 0.2) is 0 Å². The molecule has 15 heteroatoms. The van der Waals surface area contributed by atoms with E-state index in [9.17, 15) is 38.4 Å². The summed E-state index contributed by atoms with van der Waals surface area (Å²) in [5, 5.41) is 0. The van der Waals surface area contributed by atoms with Crippen molar-refractivity contribution >= 4 is 47.8 Å². The predicted molar refractivity (Wildman–Crippen MR) is 200 cm³/mol. The Morgan fingerprint density at radius 3 is 0.889 bits per heavy atom. The van der Waals surface area contributed by atoms with E-state index in [1.165, 1.54) is 64.2 Å². The van der Waals surface area contributed by atoms with Crippen LogP contribution in [0.15, 0.2) is 0 Å². The molecule has 0 spiro atoms. The largest absolute Gasteiger partial charge is 0.393 e. The molecule has 54 heavy (non-hydrogen) atoms. The molecule has 0 aromatic carbocycles. The molecule has 0 aliphatic heterocycles. The average molecular weight is 770 g/mol. The van der Waals surface area contributed by atoms with E-state index in [-0.39, 0.29) is 44.9 Å². The Morgan fingerprint density at radius 2 is 0.574 bits per heavy atom. The minimum atomic E-state index is -1.45. The number of esters is 8. The van der Waals surface area contributed by atoms with Crippen LogP contribution in [0.1, 0.15) is 181 Å². The molecule has 0 rings (SSSR count). The van der Waals surface area contributed by atoms with Gasteiger partial charge in [-0.2, -0.15) is 0 Å². The Kier molecular flexibility index (Phi) is 30.7. The van der Waals surface area contributed by atoms with Crippen LogP contribution in [-0.2, 0) is 57.3 Å². The third-order valence-electron chi connectivity index (χ3n) is 8.73. The highest BCUT2D eigenvalue weighted by Crippen LogP contribution is 2.13. The lowest BCUT2D eigenvalue weighted by Crippen LogP contribution is -2.40. The second-order valence-corrected chi connectivity index (χ2v) is 13.8. The van der Waals surface area contributed by atoms with Crippen LogP contribution in [0.25, 0.3) is 0 Å². The Labute approximate surface area is 320 Å². The van der Waals surface area contributed by atoms with Crippen LogP contribution in [0.3, 0.4) is 0 Å². The lowest BCUT2D eigenvalue weighted by molar-refractivity contribution is -0.163. The molecule has 0 saturated carbocycles. The van der Waals surface area contributed by atoms with Crippen molar-refractivity contribution in [2.75, 3.05) is 0 Å². The average Bonchev–Trinajstić information content (AvgIpc) is 3.13. The molecule has 6 N–H and O–H groups in total. The maximum atomic E-state index is 12.2. The molecule has 0 fully saturated rings. The van der Waals surface area contributed by atoms with E-state index in [0.717, 1.165) is 38.5 Å². The van der Waals surface area contributed by atoms with Crippen molar-refractivity contribution < 1.29 is 57.3 Å². The Hall–Kier alpha value is -3.56. The standard InChI is InChI=1S/C39H67N3O12/c1-3-5-7-9-11-13-15-17-19-21-32(43)51-34(45)26-23-29(40)37(48)53-36(47)28-25-31(42)39(50)54-38(49)30(41)24-27-35(46)52-33(44)22-20-18-16-14-12-10-8-6-4-2/h29-31H,3-28,40-42H2,1-2H3/t29-,30-,31-/m0/s1. The molecule has 15 nitrogen and oxygen atoms in total. The smallest absolute Gasteiger partial charge is 0.330 e. The van der Waals surface area contributed by atoms with Gasteiger partial charge in [0, 0.05) is 32.1 Å². The number of hydrogen-bond donors (Lipinski definition) is 3. The second-order valence-electron chi connectivity index (χ2n) is 13.8. The number of carbonyl (C=O) groups excluding carboxylic acids is 8. The Balaban J connectivity index is 4.16. The van der Waals surface area contributed by atoms with E-state index in [2.05, 4.69) is 23.3 Å². The van der Waals surface area contributed by atoms with Crippen LogP contribution in [0.2, 0.25) is 0 Å². The predicted octanol–water partition coefficient (Wildman–Crippen LogP) is 5.43. The summed E-state index contributed by atoms with van der Waals surface area (Å²) in [6.07, 6.45) is 17.5.